The summed E-state index contributed by atoms with van der Waals surface area (Å²) in [6.45, 7) is 2.00. The lowest BCUT2D eigenvalue weighted by Gasteiger charge is -2.04. The highest BCUT2D eigenvalue weighted by molar-refractivity contribution is 5.77. The van der Waals surface area contributed by atoms with E-state index in [-0.39, 0.29) is 6.04 Å². The van der Waals surface area contributed by atoms with Crippen molar-refractivity contribution >= 4 is 11.0 Å². The first kappa shape index (κ1) is 9.15. The van der Waals surface area contributed by atoms with E-state index < -0.39 is 0 Å². The van der Waals surface area contributed by atoms with Gasteiger partial charge in [0.05, 0.1) is 5.52 Å². The van der Waals surface area contributed by atoms with Crippen LogP contribution in [0.25, 0.3) is 11.0 Å². The van der Waals surface area contributed by atoms with Crippen LogP contribution in [-0.4, -0.2) is 21.0 Å². The highest BCUT2D eigenvalue weighted by atomic mass is 15.4. The van der Waals surface area contributed by atoms with Crippen molar-refractivity contribution in [3.8, 4) is 0 Å². The third-order valence-corrected chi connectivity index (χ3v) is 2.27. The monoisotopic (exact) mass is 190 g/mol. The second-order valence-corrected chi connectivity index (χ2v) is 3.68. The molecule has 4 nitrogen and oxygen atoms in total. The van der Waals surface area contributed by atoms with E-state index in [4.69, 9.17) is 5.73 Å². The van der Waals surface area contributed by atoms with Gasteiger partial charge in [-0.2, -0.15) is 0 Å². The fraction of sp³-hybridized carbons (Fsp3) is 0.400. The van der Waals surface area contributed by atoms with E-state index in [2.05, 4.69) is 16.4 Å². The van der Waals surface area contributed by atoms with Gasteiger partial charge in [0.25, 0.3) is 0 Å². The molecular formula is C10H14N4. The summed E-state index contributed by atoms with van der Waals surface area (Å²) < 4.78 is 1.78. The van der Waals surface area contributed by atoms with Gasteiger partial charge in [-0.15, -0.1) is 5.10 Å². The summed E-state index contributed by atoms with van der Waals surface area (Å²) in [5, 5.41) is 8.12. The fourth-order valence-electron chi connectivity index (χ4n) is 1.63. The van der Waals surface area contributed by atoms with Crippen LogP contribution >= 0.6 is 0 Å². The summed E-state index contributed by atoms with van der Waals surface area (Å²) in [6, 6.07) is 6.24. The summed E-state index contributed by atoms with van der Waals surface area (Å²) in [7, 11) is 1.89. The summed E-state index contributed by atoms with van der Waals surface area (Å²) in [6.07, 6.45) is 0.843. The Labute approximate surface area is 82.7 Å². The molecule has 2 rings (SSSR count). The van der Waals surface area contributed by atoms with Gasteiger partial charge in [0.15, 0.2) is 0 Å². The Hall–Kier alpha value is -1.42. The molecule has 0 bridgehead atoms. The molecule has 1 unspecified atom stereocenters. The molecule has 0 saturated heterocycles. The molecule has 0 amide bonds. The maximum Gasteiger partial charge on any atom is 0.116 e. The van der Waals surface area contributed by atoms with Crippen LogP contribution in [0.15, 0.2) is 18.2 Å². The zero-order valence-corrected chi connectivity index (χ0v) is 8.44. The van der Waals surface area contributed by atoms with Crippen molar-refractivity contribution < 1.29 is 0 Å². The molecule has 0 fully saturated rings. The number of hydrogen-bond donors (Lipinski definition) is 1. The van der Waals surface area contributed by atoms with E-state index in [1.165, 1.54) is 5.56 Å². The van der Waals surface area contributed by atoms with Crippen LogP contribution in [0.4, 0.5) is 0 Å². The topological polar surface area (TPSA) is 56.7 Å². The van der Waals surface area contributed by atoms with Gasteiger partial charge in [0.2, 0.25) is 0 Å². The number of aryl methyl sites for hydroxylation is 1. The standard InChI is InChI=1S/C10H14N4/c1-7(11)6-8-4-3-5-9-10(8)12-13-14(9)2/h3-5,7H,6,11H2,1-2H3. The molecule has 4 heteroatoms. The quantitative estimate of drug-likeness (QED) is 0.764. The van der Waals surface area contributed by atoms with E-state index in [0.717, 1.165) is 17.5 Å². The van der Waals surface area contributed by atoms with Crippen LogP contribution in [-0.2, 0) is 13.5 Å². The molecule has 0 aliphatic carbocycles. The molecular weight excluding hydrogens is 176 g/mol. The van der Waals surface area contributed by atoms with Crippen molar-refractivity contribution in [2.45, 2.75) is 19.4 Å². The SMILES string of the molecule is CC(N)Cc1cccc2c1nnn2C. The van der Waals surface area contributed by atoms with Gasteiger partial charge in [-0.25, -0.2) is 4.68 Å². The summed E-state index contributed by atoms with van der Waals surface area (Å²) in [5.41, 5.74) is 8.96. The second kappa shape index (κ2) is 3.38. The van der Waals surface area contributed by atoms with Crippen LogP contribution in [0, 0.1) is 0 Å². The van der Waals surface area contributed by atoms with Crippen LogP contribution in [0.5, 0.6) is 0 Å². The minimum absolute atomic E-state index is 0.155. The van der Waals surface area contributed by atoms with Gasteiger partial charge in [-0.3, -0.25) is 0 Å². The summed E-state index contributed by atoms with van der Waals surface area (Å²) >= 11 is 0. The van der Waals surface area contributed by atoms with Crippen LogP contribution in [0.1, 0.15) is 12.5 Å². The smallest absolute Gasteiger partial charge is 0.116 e. The van der Waals surface area contributed by atoms with Crippen molar-refractivity contribution in [1.82, 2.24) is 15.0 Å². The molecule has 0 spiro atoms. The number of nitrogens with two attached hydrogens (primary N) is 1. The lowest BCUT2D eigenvalue weighted by molar-refractivity contribution is 0.732. The molecule has 0 aliphatic heterocycles. The average Bonchev–Trinajstić information content (AvgIpc) is 2.49. The summed E-state index contributed by atoms with van der Waals surface area (Å²) in [5.74, 6) is 0. The number of rotatable bonds is 2. The van der Waals surface area contributed by atoms with Crippen molar-refractivity contribution in [3.05, 3.63) is 23.8 Å². The van der Waals surface area contributed by atoms with Gasteiger partial charge in [0, 0.05) is 13.1 Å². The minimum Gasteiger partial charge on any atom is -0.328 e. The van der Waals surface area contributed by atoms with Crippen molar-refractivity contribution in [2.24, 2.45) is 12.8 Å². The molecule has 0 radical (unpaired) electrons. The Morgan fingerprint density at radius 1 is 1.50 bits per heavy atom. The maximum atomic E-state index is 5.77. The second-order valence-electron chi connectivity index (χ2n) is 3.68. The lowest BCUT2D eigenvalue weighted by atomic mass is 10.1. The highest BCUT2D eigenvalue weighted by Crippen LogP contribution is 2.16. The Bertz CT molecular complexity index is 444. The molecule has 2 aromatic rings. The minimum atomic E-state index is 0.155. The Morgan fingerprint density at radius 2 is 2.29 bits per heavy atom. The van der Waals surface area contributed by atoms with E-state index in [0.29, 0.717) is 0 Å². The van der Waals surface area contributed by atoms with Crippen molar-refractivity contribution in [2.75, 3.05) is 0 Å². The van der Waals surface area contributed by atoms with Gasteiger partial charge in [0.1, 0.15) is 5.52 Å². The first-order valence-electron chi connectivity index (χ1n) is 4.71. The Morgan fingerprint density at radius 3 is 3.00 bits per heavy atom. The first-order chi connectivity index (χ1) is 6.68. The molecule has 0 saturated carbocycles. The number of fused-ring (bicyclic) bond motifs is 1. The van der Waals surface area contributed by atoms with E-state index >= 15 is 0 Å². The van der Waals surface area contributed by atoms with Crippen LogP contribution in [0.3, 0.4) is 0 Å². The Balaban J connectivity index is 2.54. The zero-order valence-electron chi connectivity index (χ0n) is 8.44. The molecule has 14 heavy (non-hydrogen) atoms. The fourth-order valence-corrected chi connectivity index (χ4v) is 1.63. The molecule has 1 heterocycles. The van der Waals surface area contributed by atoms with Gasteiger partial charge in [-0.1, -0.05) is 17.3 Å². The Kier molecular flexibility index (Phi) is 2.21. The first-order valence-corrected chi connectivity index (χ1v) is 4.71. The van der Waals surface area contributed by atoms with Crippen LogP contribution in [0.2, 0.25) is 0 Å². The van der Waals surface area contributed by atoms with E-state index in [9.17, 15) is 0 Å². The largest absolute Gasteiger partial charge is 0.328 e. The van der Waals surface area contributed by atoms with E-state index in [1.807, 2.05) is 26.1 Å². The molecule has 1 atom stereocenters. The predicted molar refractivity (Wildman–Crippen MR) is 55.9 cm³/mol. The molecule has 74 valence electrons. The molecule has 0 aliphatic rings. The van der Waals surface area contributed by atoms with Gasteiger partial charge < -0.3 is 5.73 Å². The third kappa shape index (κ3) is 1.48. The third-order valence-electron chi connectivity index (χ3n) is 2.27. The molecule has 1 aromatic carbocycles. The normalized spacial score (nSPS) is 13.4. The molecule has 1 aromatic heterocycles. The maximum absolute atomic E-state index is 5.77. The van der Waals surface area contributed by atoms with E-state index in [1.54, 1.807) is 4.68 Å². The van der Waals surface area contributed by atoms with Crippen LogP contribution < -0.4 is 5.73 Å². The van der Waals surface area contributed by atoms with Gasteiger partial charge >= 0.3 is 0 Å². The zero-order chi connectivity index (χ0) is 10.1. The highest BCUT2D eigenvalue weighted by Gasteiger charge is 2.07. The number of aromatic nitrogens is 3. The lowest BCUT2D eigenvalue weighted by Crippen LogP contribution is -2.17. The molecule has 2 N–H and O–H groups in total. The van der Waals surface area contributed by atoms with Crippen molar-refractivity contribution in [1.29, 1.82) is 0 Å². The van der Waals surface area contributed by atoms with Gasteiger partial charge in [-0.05, 0) is 25.0 Å². The number of hydrogen-bond acceptors (Lipinski definition) is 3. The van der Waals surface area contributed by atoms with Crippen molar-refractivity contribution in [3.63, 3.8) is 0 Å². The summed E-state index contributed by atoms with van der Waals surface area (Å²) in [4.78, 5) is 0. The number of benzene rings is 1. The predicted octanol–water partition coefficient (Wildman–Crippen LogP) is 0.858. The average molecular weight is 190 g/mol. The number of nitrogens with zero attached hydrogens (tertiary/aromatic N) is 3.